The molecule has 0 amide bonds. The molecular formula is C17H18FNO2. The fraction of sp³-hybridized carbons (Fsp3) is 0.294. The highest BCUT2D eigenvalue weighted by molar-refractivity contribution is 5.44. The zero-order valence-corrected chi connectivity index (χ0v) is 11.7. The molecule has 2 aromatic carbocycles. The topological polar surface area (TPSA) is 44.5 Å². The fourth-order valence-corrected chi connectivity index (χ4v) is 2.43. The molecule has 3 rings (SSSR count). The normalized spacial score (nSPS) is 14.8. The minimum absolute atomic E-state index is 0.0779. The smallest absolute Gasteiger partial charge is 0.161 e. The van der Waals surface area contributed by atoms with Crippen molar-refractivity contribution in [1.29, 1.82) is 0 Å². The minimum Gasteiger partial charge on any atom is -0.486 e. The molecule has 21 heavy (non-hydrogen) atoms. The summed E-state index contributed by atoms with van der Waals surface area (Å²) in [4.78, 5) is 0. The molecule has 0 saturated heterocycles. The van der Waals surface area contributed by atoms with Gasteiger partial charge in [-0.1, -0.05) is 18.2 Å². The summed E-state index contributed by atoms with van der Waals surface area (Å²) >= 11 is 0. The number of aryl methyl sites for hydroxylation is 1. The number of rotatable bonds is 4. The molecule has 0 aromatic heterocycles. The maximum atomic E-state index is 12.9. The zero-order valence-electron chi connectivity index (χ0n) is 11.7. The van der Waals surface area contributed by atoms with Crippen molar-refractivity contribution in [2.45, 2.75) is 18.9 Å². The first-order valence-corrected chi connectivity index (χ1v) is 7.12. The van der Waals surface area contributed by atoms with Crippen LogP contribution in [0.25, 0.3) is 0 Å². The van der Waals surface area contributed by atoms with Crippen molar-refractivity contribution in [2.24, 2.45) is 5.73 Å². The van der Waals surface area contributed by atoms with Gasteiger partial charge >= 0.3 is 0 Å². The summed E-state index contributed by atoms with van der Waals surface area (Å²) in [6.45, 7) is 1.16. The lowest BCUT2D eigenvalue weighted by Crippen LogP contribution is -2.17. The Morgan fingerprint density at radius 2 is 1.71 bits per heavy atom. The predicted octanol–water partition coefficient (Wildman–Crippen LogP) is 3.23. The largest absolute Gasteiger partial charge is 0.486 e. The third-order valence-corrected chi connectivity index (χ3v) is 3.65. The highest BCUT2D eigenvalue weighted by Crippen LogP contribution is 2.33. The Morgan fingerprint density at radius 3 is 2.48 bits per heavy atom. The third-order valence-electron chi connectivity index (χ3n) is 3.65. The first-order valence-electron chi connectivity index (χ1n) is 7.12. The number of ether oxygens (including phenoxy) is 2. The molecule has 1 heterocycles. The number of hydrogen-bond acceptors (Lipinski definition) is 3. The van der Waals surface area contributed by atoms with Crippen molar-refractivity contribution in [3.63, 3.8) is 0 Å². The average Bonchev–Trinajstić information content (AvgIpc) is 2.53. The van der Waals surface area contributed by atoms with Crippen molar-refractivity contribution in [3.05, 3.63) is 59.4 Å². The van der Waals surface area contributed by atoms with Gasteiger partial charge in [-0.25, -0.2) is 4.39 Å². The van der Waals surface area contributed by atoms with Crippen molar-refractivity contribution >= 4 is 0 Å². The Morgan fingerprint density at radius 1 is 1.00 bits per heavy atom. The Labute approximate surface area is 123 Å². The number of nitrogens with two attached hydrogens (primary N) is 1. The number of benzene rings is 2. The fourth-order valence-electron chi connectivity index (χ4n) is 2.43. The van der Waals surface area contributed by atoms with Crippen LogP contribution >= 0.6 is 0 Å². The Kier molecular flexibility index (Phi) is 4.06. The average molecular weight is 287 g/mol. The van der Waals surface area contributed by atoms with E-state index in [0.29, 0.717) is 13.2 Å². The van der Waals surface area contributed by atoms with Crippen LogP contribution in [0.15, 0.2) is 42.5 Å². The molecule has 4 heteroatoms. The van der Waals surface area contributed by atoms with Gasteiger partial charge in [0, 0.05) is 6.04 Å². The lowest BCUT2D eigenvalue weighted by atomic mass is 9.99. The van der Waals surface area contributed by atoms with Crippen molar-refractivity contribution in [1.82, 2.24) is 0 Å². The SMILES string of the molecule is NC(CCc1ccc(F)cc1)c1ccc2c(c1)OCCO2. The van der Waals surface area contributed by atoms with Crippen LogP contribution in [0.5, 0.6) is 11.5 Å². The molecule has 0 aliphatic carbocycles. The molecule has 0 radical (unpaired) electrons. The van der Waals surface area contributed by atoms with Gasteiger partial charge in [-0.2, -0.15) is 0 Å². The van der Waals surface area contributed by atoms with Crippen LogP contribution in [0.4, 0.5) is 4.39 Å². The van der Waals surface area contributed by atoms with Gasteiger partial charge in [0.05, 0.1) is 0 Å². The lowest BCUT2D eigenvalue weighted by molar-refractivity contribution is 0.171. The van der Waals surface area contributed by atoms with E-state index in [0.717, 1.165) is 35.5 Å². The molecule has 0 spiro atoms. The van der Waals surface area contributed by atoms with Crippen LogP contribution in [0.1, 0.15) is 23.6 Å². The van der Waals surface area contributed by atoms with Gasteiger partial charge in [0.1, 0.15) is 19.0 Å². The highest BCUT2D eigenvalue weighted by Gasteiger charge is 2.14. The van der Waals surface area contributed by atoms with Crippen LogP contribution in [0.2, 0.25) is 0 Å². The molecule has 0 bridgehead atoms. The zero-order chi connectivity index (χ0) is 14.7. The Bertz CT molecular complexity index is 613. The Hall–Kier alpha value is -2.07. The molecule has 1 atom stereocenters. The van der Waals surface area contributed by atoms with Crippen molar-refractivity contribution in [3.8, 4) is 11.5 Å². The molecule has 0 saturated carbocycles. The minimum atomic E-state index is -0.213. The molecule has 2 N–H and O–H groups in total. The first kappa shape index (κ1) is 13.9. The standard InChI is InChI=1S/C17H18FNO2/c18-14-5-1-12(2-6-14)3-7-15(19)13-4-8-16-17(11-13)21-10-9-20-16/h1-2,4-6,8,11,15H,3,7,9-10,19H2. The highest BCUT2D eigenvalue weighted by atomic mass is 19.1. The van der Waals surface area contributed by atoms with Gasteiger partial charge in [-0.05, 0) is 48.2 Å². The summed E-state index contributed by atoms with van der Waals surface area (Å²) in [5.74, 6) is 1.32. The quantitative estimate of drug-likeness (QED) is 0.939. The van der Waals surface area contributed by atoms with E-state index in [-0.39, 0.29) is 11.9 Å². The maximum Gasteiger partial charge on any atom is 0.161 e. The van der Waals surface area contributed by atoms with Gasteiger partial charge in [-0.3, -0.25) is 0 Å². The van der Waals surface area contributed by atoms with E-state index in [1.165, 1.54) is 12.1 Å². The summed E-state index contributed by atoms with van der Waals surface area (Å²) < 4.78 is 23.9. The maximum absolute atomic E-state index is 12.9. The first-order chi connectivity index (χ1) is 10.2. The monoisotopic (exact) mass is 287 g/mol. The lowest BCUT2D eigenvalue weighted by Gasteiger charge is -2.20. The van der Waals surface area contributed by atoms with Crippen molar-refractivity contribution in [2.75, 3.05) is 13.2 Å². The molecule has 0 fully saturated rings. The van der Waals surface area contributed by atoms with E-state index >= 15 is 0 Å². The number of fused-ring (bicyclic) bond motifs is 1. The summed E-state index contributed by atoms with van der Waals surface area (Å²) in [6, 6.07) is 12.3. The van der Waals surface area contributed by atoms with Crippen LogP contribution in [0, 0.1) is 5.82 Å². The second-order valence-corrected chi connectivity index (χ2v) is 5.17. The third kappa shape index (κ3) is 3.34. The van der Waals surface area contributed by atoms with Gasteiger partial charge < -0.3 is 15.2 Å². The van der Waals surface area contributed by atoms with E-state index in [1.807, 2.05) is 18.2 Å². The second kappa shape index (κ2) is 6.14. The summed E-state index contributed by atoms with van der Waals surface area (Å²) in [6.07, 6.45) is 1.61. The van der Waals surface area contributed by atoms with Crippen LogP contribution in [-0.4, -0.2) is 13.2 Å². The van der Waals surface area contributed by atoms with Crippen molar-refractivity contribution < 1.29 is 13.9 Å². The van der Waals surface area contributed by atoms with Gasteiger partial charge in [0.15, 0.2) is 11.5 Å². The molecule has 1 unspecified atom stereocenters. The Balaban J connectivity index is 1.65. The summed E-state index contributed by atoms with van der Waals surface area (Å²) in [7, 11) is 0. The van der Waals surface area contributed by atoms with Gasteiger partial charge in [0.25, 0.3) is 0 Å². The summed E-state index contributed by atoms with van der Waals surface area (Å²) in [5, 5.41) is 0. The van der Waals surface area contributed by atoms with Gasteiger partial charge in [-0.15, -0.1) is 0 Å². The van der Waals surface area contributed by atoms with Gasteiger partial charge in [0.2, 0.25) is 0 Å². The van der Waals surface area contributed by atoms with Crippen LogP contribution in [0.3, 0.4) is 0 Å². The molecule has 110 valence electrons. The molecule has 3 nitrogen and oxygen atoms in total. The van der Waals surface area contributed by atoms with E-state index in [1.54, 1.807) is 12.1 Å². The van der Waals surface area contributed by atoms with E-state index in [4.69, 9.17) is 15.2 Å². The van der Waals surface area contributed by atoms with E-state index in [2.05, 4.69) is 0 Å². The molecule has 2 aromatic rings. The molecule has 1 aliphatic rings. The molecular weight excluding hydrogens is 269 g/mol. The van der Waals surface area contributed by atoms with E-state index < -0.39 is 0 Å². The van der Waals surface area contributed by atoms with Crippen LogP contribution in [-0.2, 0) is 6.42 Å². The predicted molar refractivity (Wildman–Crippen MR) is 79.1 cm³/mol. The van der Waals surface area contributed by atoms with E-state index in [9.17, 15) is 4.39 Å². The second-order valence-electron chi connectivity index (χ2n) is 5.17. The molecule has 1 aliphatic heterocycles. The van der Waals surface area contributed by atoms with Crippen LogP contribution < -0.4 is 15.2 Å². The number of halogens is 1. The number of hydrogen-bond donors (Lipinski definition) is 1. The summed E-state index contributed by atoms with van der Waals surface area (Å²) in [5.41, 5.74) is 8.35.